The number of hydrogen-bond donors (Lipinski definition) is 1. The fourth-order valence-corrected chi connectivity index (χ4v) is 3.29. The largest absolute Gasteiger partial charge is 0.375 e. The molecule has 1 fully saturated rings. The lowest BCUT2D eigenvalue weighted by Crippen LogP contribution is -2.44. The van der Waals surface area contributed by atoms with E-state index in [0.717, 1.165) is 13.1 Å². The van der Waals surface area contributed by atoms with Crippen LogP contribution >= 0.6 is 11.6 Å². The highest BCUT2D eigenvalue weighted by atomic mass is 35.5. The first-order valence-corrected chi connectivity index (χ1v) is 8.12. The Morgan fingerprint density at radius 3 is 3.00 bits per heavy atom. The Morgan fingerprint density at radius 1 is 1.48 bits per heavy atom. The molecule has 3 rings (SSSR count). The van der Waals surface area contributed by atoms with Crippen LogP contribution in [0.2, 0.25) is 5.02 Å². The molecule has 0 unspecified atom stereocenters. The minimum atomic E-state index is -0.151. The molecule has 3 heterocycles. The number of rotatable bonds is 4. The molecule has 6 nitrogen and oxygen atoms in total. The number of hydrogen-bond acceptors (Lipinski definition) is 4. The average Bonchev–Trinajstić information content (AvgIpc) is 2.98. The Labute approximate surface area is 140 Å². The van der Waals surface area contributed by atoms with Crippen LogP contribution in [-0.2, 0) is 4.74 Å². The summed E-state index contributed by atoms with van der Waals surface area (Å²) in [5, 5.41) is 3.66. The molecule has 7 heteroatoms. The maximum atomic E-state index is 12.8. The van der Waals surface area contributed by atoms with E-state index < -0.39 is 0 Å². The molecule has 0 aromatic carbocycles. The lowest BCUT2D eigenvalue weighted by atomic mass is 10.2. The number of carbonyl (C=O) groups excluding carboxylic acids is 1. The van der Waals surface area contributed by atoms with Crippen LogP contribution in [0.15, 0.2) is 18.3 Å². The van der Waals surface area contributed by atoms with Gasteiger partial charge in [-0.2, -0.15) is 0 Å². The predicted molar refractivity (Wildman–Crippen MR) is 89.1 cm³/mol. The molecule has 23 heavy (non-hydrogen) atoms. The van der Waals surface area contributed by atoms with Gasteiger partial charge in [0.25, 0.3) is 5.91 Å². The Morgan fingerprint density at radius 2 is 2.26 bits per heavy atom. The minimum Gasteiger partial charge on any atom is -0.375 e. The molecular weight excluding hydrogens is 316 g/mol. The van der Waals surface area contributed by atoms with Gasteiger partial charge in [0, 0.05) is 25.9 Å². The maximum Gasteiger partial charge on any atom is 0.270 e. The lowest BCUT2D eigenvalue weighted by molar-refractivity contribution is 0.0511. The van der Waals surface area contributed by atoms with E-state index in [0.29, 0.717) is 28.7 Å². The van der Waals surface area contributed by atoms with Crippen LogP contribution in [0.4, 0.5) is 0 Å². The number of carbonyl (C=O) groups is 1. The van der Waals surface area contributed by atoms with E-state index in [-0.39, 0.29) is 18.1 Å². The highest BCUT2D eigenvalue weighted by molar-refractivity contribution is 6.30. The normalized spacial score (nSPS) is 21.9. The number of pyridine rings is 1. The van der Waals surface area contributed by atoms with E-state index in [1.165, 1.54) is 0 Å². The Balaban J connectivity index is 1.86. The number of aryl methyl sites for hydroxylation is 1. The van der Waals surface area contributed by atoms with E-state index in [1.807, 2.05) is 20.9 Å². The van der Waals surface area contributed by atoms with Crippen molar-refractivity contribution in [1.29, 1.82) is 0 Å². The summed E-state index contributed by atoms with van der Waals surface area (Å²) in [6.45, 7) is 6.02. The molecule has 0 saturated carbocycles. The van der Waals surface area contributed by atoms with Crippen molar-refractivity contribution in [3.63, 3.8) is 0 Å². The van der Waals surface area contributed by atoms with Gasteiger partial charge in [-0.15, -0.1) is 0 Å². The Kier molecular flexibility index (Phi) is 4.57. The summed E-state index contributed by atoms with van der Waals surface area (Å²) in [4.78, 5) is 19.4. The Bertz CT molecular complexity index is 730. The van der Waals surface area contributed by atoms with Crippen molar-refractivity contribution in [3.05, 3.63) is 34.7 Å². The molecule has 124 valence electrons. The van der Waals surface area contributed by atoms with Gasteiger partial charge >= 0.3 is 0 Å². The zero-order chi connectivity index (χ0) is 16.6. The number of fused-ring (bicyclic) bond motifs is 1. The Hall–Kier alpha value is -1.63. The van der Waals surface area contributed by atoms with Gasteiger partial charge in [-0.1, -0.05) is 11.6 Å². The van der Waals surface area contributed by atoms with E-state index >= 15 is 0 Å². The summed E-state index contributed by atoms with van der Waals surface area (Å²) < 4.78 is 7.48. The van der Waals surface area contributed by atoms with Crippen LogP contribution in [0.3, 0.4) is 0 Å². The van der Waals surface area contributed by atoms with Crippen LogP contribution < -0.4 is 5.32 Å². The van der Waals surface area contributed by atoms with Gasteiger partial charge in [0.05, 0.1) is 22.9 Å². The lowest BCUT2D eigenvalue weighted by Gasteiger charge is -2.19. The van der Waals surface area contributed by atoms with Crippen molar-refractivity contribution in [1.82, 2.24) is 19.6 Å². The van der Waals surface area contributed by atoms with Gasteiger partial charge in [-0.05, 0) is 33.0 Å². The first kappa shape index (κ1) is 16.2. The average molecular weight is 337 g/mol. The van der Waals surface area contributed by atoms with Gasteiger partial charge in [0.2, 0.25) is 0 Å². The SMILES string of the molecule is CCO[C@@H]1CN(C)C[C@H]1NC(=O)c1c(C)nc2ccc(Cl)cn12. The summed E-state index contributed by atoms with van der Waals surface area (Å²) >= 11 is 6.05. The standard InChI is InChI=1S/C16H21ClN4O2/c1-4-23-13-9-20(3)8-12(13)19-16(22)15-10(2)18-14-6-5-11(17)7-21(14)15/h5-7,12-13H,4,8-9H2,1-3H3,(H,19,22)/t12-,13-/m1/s1. The molecule has 1 saturated heterocycles. The molecule has 2 atom stereocenters. The topological polar surface area (TPSA) is 58.9 Å². The number of ether oxygens (including phenoxy) is 1. The maximum absolute atomic E-state index is 12.8. The summed E-state index contributed by atoms with van der Waals surface area (Å²) in [6.07, 6.45) is 1.73. The van der Waals surface area contributed by atoms with E-state index in [9.17, 15) is 4.79 Å². The van der Waals surface area contributed by atoms with Gasteiger partial charge in [-0.25, -0.2) is 4.98 Å². The third kappa shape index (κ3) is 3.20. The number of nitrogens with zero attached hydrogens (tertiary/aromatic N) is 3. The van der Waals surface area contributed by atoms with Gasteiger partial charge < -0.3 is 15.0 Å². The van der Waals surface area contributed by atoms with Gasteiger partial charge in [-0.3, -0.25) is 9.20 Å². The quantitative estimate of drug-likeness (QED) is 0.924. The van der Waals surface area contributed by atoms with E-state index in [4.69, 9.17) is 16.3 Å². The molecule has 1 aliphatic rings. The second kappa shape index (κ2) is 6.47. The van der Waals surface area contributed by atoms with Crippen molar-refractivity contribution >= 4 is 23.2 Å². The molecule has 1 amide bonds. The zero-order valence-electron chi connectivity index (χ0n) is 13.5. The van der Waals surface area contributed by atoms with Crippen LogP contribution in [0.25, 0.3) is 5.65 Å². The van der Waals surface area contributed by atoms with Gasteiger partial charge in [0.15, 0.2) is 0 Å². The third-order valence-corrected chi connectivity index (χ3v) is 4.34. The van der Waals surface area contributed by atoms with Crippen LogP contribution in [0.1, 0.15) is 23.1 Å². The van der Waals surface area contributed by atoms with Crippen LogP contribution in [0.5, 0.6) is 0 Å². The molecule has 0 bridgehead atoms. The second-order valence-electron chi connectivity index (χ2n) is 5.92. The molecule has 2 aromatic heterocycles. The number of likely N-dealkylation sites (N-methyl/N-ethyl adjacent to an activating group) is 1. The molecule has 1 aliphatic heterocycles. The number of aromatic nitrogens is 2. The number of halogens is 1. The van der Waals surface area contributed by atoms with Crippen molar-refractivity contribution in [3.8, 4) is 0 Å². The van der Waals surface area contributed by atoms with Crippen molar-refractivity contribution in [2.24, 2.45) is 0 Å². The fourth-order valence-electron chi connectivity index (χ4n) is 3.13. The minimum absolute atomic E-state index is 0.0111. The highest BCUT2D eigenvalue weighted by Gasteiger charge is 2.33. The number of likely N-dealkylation sites (tertiary alicyclic amines) is 1. The summed E-state index contributed by atoms with van der Waals surface area (Å²) in [5.74, 6) is -0.151. The molecule has 2 aromatic rings. The van der Waals surface area contributed by atoms with Crippen molar-refractivity contribution in [2.75, 3.05) is 26.7 Å². The molecule has 0 spiro atoms. The number of nitrogens with one attached hydrogen (secondary N) is 1. The summed E-state index contributed by atoms with van der Waals surface area (Å²) in [5.41, 5.74) is 1.92. The molecular formula is C16H21ClN4O2. The fraction of sp³-hybridized carbons (Fsp3) is 0.500. The monoisotopic (exact) mass is 336 g/mol. The second-order valence-corrected chi connectivity index (χ2v) is 6.35. The van der Waals surface area contributed by atoms with Crippen molar-refractivity contribution < 1.29 is 9.53 Å². The highest BCUT2D eigenvalue weighted by Crippen LogP contribution is 2.18. The van der Waals surface area contributed by atoms with E-state index in [1.54, 1.807) is 22.7 Å². The first-order chi connectivity index (χ1) is 11.0. The third-order valence-electron chi connectivity index (χ3n) is 4.12. The summed E-state index contributed by atoms with van der Waals surface area (Å²) in [6, 6.07) is 3.54. The molecule has 0 radical (unpaired) electrons. The summed E-state index contributed by atoms with van der Waals surface area (Å²) in [7, 11) is 2.03. The van der Waals surface area contributed by atoms with Crippen LogP contribution in [-0.4, -0.2) is 59.1 Å². The van der Waals surface area contributed by atoms with Crippen molar-refractivity contribution in [2.45, 2.75) is 26.0 Å². The van der Waals surface area contributed by atoms with Crippen LogP contribution in [0, 0.1) is 6.92 Å². The zero-order valence-corrected chi connectivity index (χ0v) is 14.3. The van der Waals surface area contributed by atoms with E-state index in [2.05, 4.69) is 15.2 Å². The number of imidazole rings is 1. The number of amides is 1. The smallest absolute Gasteiger partial charge is 0.270 e. The van der Waals surface area contributed by atoms with Gasteiger partial charge in [0.1, 0.15) is 11.3 Å². The molecule has 0 aliphatic carbocycles. The molecule has 1 N–H and O–H groups in total. The predicted octanol–water partition coefficient (Wildman–Crippen LogP) is 1.75. The first-order valence-electron chi connectivity index (χ1n) is 7.74.